The quantitative estimate of drug-likeness (QED) is 0.832. The van der Waals surface area contributed by atoms with Crippen LogP contribution in [0.1, 0.15) is 26.6 Å². The van der Waals surface area contributed by atoms with Gasteiger partial charge in [-0.2, -0.15) is 0 Å². The molecule has 1 heterocycles. The summed E-state index contributed by atoms with van der Waals surface area (Å²) in [7, 11) is 0. The number of rotatable bonds is 2. The van der Waals surface area contributed by atoms with Crippen LogP contribution in [0.2, 0.25) is 5.15 Å². The summed E-state index contributed by atoms with van der Waals surface area (Å²) in [6.45, 7) is 5.81. The Morgan fingerprint density at radius 3 is 2.50 bits per heavy atom. The molecule has 0 aliphatic carbocycles. The molecule has 1 aromatic heterocycles. The maximum Gasteiger partial charge on any atom is 0.182 e. The maximum atomic E-state index is 13.6. The van der Waals surface area contributed by atoms with Crippen molar-refractivity contribution >= 4 is 23.1 Å². The molecule has 3 nitrogen and oxygen atoms in total. The first-order chi connectivity index (χ1) is 9.27. The van der Waals surface area contributed by atoms with Crippen molar-refractivity contribution in [3.05, 3.63) is 46.9 Å². The summed E-state index contributed by atoms with van der Waals surface area (Å²) in [5.41, 5.74) is -0.304. The number of halogens is 3. The lowest BCUT2D eigenvalue weighted by molar-refractivity contribution is 0.511. The number of hydrogen-bond acceptors (Lipinski definition) is 3. The van der Waals surface area contributed by atoms with Crippen molar-refractivity contribution in [1.82, 2.24) is 9.97 Å². The van der Waals surface area contributed by atoms with E-state index in [2.05, 4.69) is 15.3 Å². The van der Waals surface area contributed by atoms with E-state index in [0.717, 1.165) is 6.07 Å². The van der Waals surface area contributed by atoms with Crippen LogP contribution in [0.3, 0.4) is 0 Å². The normalized spacial score (nSPS) is 11.5. The summed E-state index contributed by atoms with van der Waals surface area (Å²) in [5.74, 6) is -1.05. The minimum absolute atomic E-state index is 0.000346. The first kappa shape index (κ1) is 14.7. The highest BCUT2D eigenvalue weighted by molar-refractivity contribution is 6.29. The molecule has 0 aliphatic rings. The Kier molecular flexibility index (Phi) is 3.90. The van der Waals surface area contributed by atoms with E-state index in [-0.39, 0.29) is 16.3 Å². The van der Waals surface area contributed by atoms with E-state index < -0.39 is 11.6 Å². The maximum absolute atomic E-state index is 13.6. The molecule has 0 saturated carbocycles. The standard InChI is InChI=1S/C14H14ClF2N3/c1-14(2,3)13-19-10(15)7-11(20-13)18-9-6-4-5-8(16)12(9)17/h4-7H,1-3H3,(H,18,19,20). The average molecular weight is 298 g/mol. The second kappa shape index (κ2) is 5.32. The monoisotopic (exact) mass is 297 g/mol. The molecule has 106 valence electrons. The third-order valence-corrected chi connectivity index (χ3v) is 2.77. The van der Waals surface area contributed by atoms with Gasteiger partial charge in [-0.05, 0) is 12.1 Å². The van der Waals surface area contributed by atoms with Gasteiger partial charge in [0, 0.05) is 11.5 Å². The Bertz CT molecular complexity index is 639. The topological polar surface area (TPSA) is 37.8 Å². The summed E-state index contributed by atoms with van der Waals surface area (Å²) in [5, 5.41) is 2.96. The van der Waals surface area contributed by atoms with Gasteiger partial charge in [-0.15, -0.1) is 0 Å². The summed E-state index contributed by atoms with van der Waals surface area (Å²) < 4.78 is 26.8. The Morgan fingerprint density at radius 2 is 1.85 bits per heavy atom. The number of nitrogens with zero attached hydrogens (tertiary/aromatic N) is 2. The minimum Gasteiger partial charge on any atom is -0.338 e. The van der Waals surface area contributed by atoms with Gasteiger partial charge in [0.05, 0.1) is 5.69 Å². The lowest BCUT2D eigenvalue weighted by Gasteiger charge is -2.18. The Balaban J connectivity index is 2.39. The molecule has 0 bridgehead atoms. The van der Waals surface area contributed by atoms with Gasteiger partial charge in [0.2, 0.25) is 0 Å². The smallest absolute Gasteiger partial charge is 0.182 e. The van der Waals surface area contributed by atoms with Crippen molar-refractivity contribution in [2.24, 2.45) is 0 Å². The zero-order valence-electron chi connectivity index (χ0n) is 11.3. The van der Waals surface area contributed by atoms with E-state index in [0.29, 0.717) is 11.6 Å². The second-order valence-corrected chi connectivity index (χ2v) is 5.76. The van der Waals surface area contributed by atoms with E-state index in [1.54, 1.807) is 0 Å². The van der Waals surface area contributed by atoms with Crippen LogP contribution in [0.5, 0.6) is 0 Å². The molecule has 20 heavy (non-hydrogen) atoms. The van der Waals surface area contributed by atoms with E-state index in [4.69, 9.17) is 11.6 Å². The summed E-state index contributed by atoms with van der Waals surface area (Å²) >= 11 is 5.93. The van der Waals surface area contributed by atoms with Gasteiger partial charge in [-0.25, -0.2) is 18.7 Å². The van der Waals surface area contributed by atoms with Crippen LogP contribution in [-0.2, 0) is 5.41 Å². The highest BCUT2D eigenvalue weighted by Crippen LogP contribution is 2.25. The predicted octanol–water partition coefficient (Wildman–Crippen LogP) is 4.45. The van der Waals surface area contributed by atoms with Crippen LogP contribution in [0, 0.1) is 11.6 Å². The van der Waals surface area contributed by atoms with Crippen LogP contribution in [0.4, 0.5) is 20.3 Å². The molecule has 0 radical (unpaired) electrons. The molecule has 0 saturated heterocycles. The molecular weight excluding hydrogens is 284 g/mol. The largest absolute Gasteiger partial charge is 0.338 e. The van der Waals surface area contributed by atoms with Gasteiger partial charge >= 0.3 is 0 Å². The van der Waals surface area contributed by atoms with Gasteiger partial charge in [-0.3, -0.25) is 0 Å². The van der Waals surface area contributed by atoms with Crippen molar-refractivity contribution in [1.29, 1.82) is 0 Å². The third-order valence-electron chi connectivity index (χ3n) is 2.58. The van der Waals surface area contributed by atoms with Gasteiger partial charge in [0.1, 0.15) is 16.8 Å². The first-order valence-corrected chi connectivity index (χ1v) is 6.41. The van der Waals surface area contributed by atoms with Crippen LogP contribution in [-0.4, -0.2) is 9.97 Å². The molecule has 1 N–H and O–H groups in total. The molecule has 0 fully saturated rings. The van der Waals surface area contributed by atoms with E-state index >= 15 is 0 Å². The molecule has 0 atom stereocenters. The van der Waals surface area contributed by atoms with Gasteiger partial charge < -0.3 is 5.32 Å². The Hall–Kier alpha value is -1.75. The van der Waals surface area contributed by atoms with Crippen molar-refractivity contribution < 1.29 is 8.78 Å². The lowest BCUT2D eigenvalue weighted by atomic mass is 9.96. The fourth-order valence-electron chi connectivity index (χ4n) is 1.56. The van der Waals surface area contributed by atoms with E-state index in [1.807, 2.05) is 20.8 Å². The Labute approximate surface area is 121 Å². The van der Waals surface area contributed by atoms with Crippen LogP contribution in [0.25, 0.3) is 0 Å². The third kappa shape index (κ3) is 3.22. The van der Waals surface area contributed by atoms with E-state index in [9.17, 15) is 8.78 Å². The van der Waals surface area contributed by atoms with Gasteiger partial charge in [-0.1, -0.05) is 38.4 Å². The molecule has 2 rings (SSSR count). The highest BCUT2D eigenvalue weighted by Gasteiger charge is 2.19. The number of benzene rings is 1. The molecular formula is C14H14ClF2N3. The SMILES string of the molecule is CC(C)(C)c1nc(Cl)cc(Nc2cccc(F)c2F)n1. The number of hydrogen-bond donors (Lipinski definition) is 1. The molecule has 6 heteroatoms. The molecule has 0 unspecified atom stereocenters. The summed E-state index contributed by atoms with van der Waals surface area (Å²) in [6, 6.07) is 5.34. The van der Waals surface area contributed by atoms with Gasteiger partial charge in [0.15, 0.2) is 11.6 Å². The lowest BCUT2D eigenvalue weighted by Crippen LogP contribution is -2.17. The highest BCUT2D eigenvalue weighted by atomic mass is 35.5. The predicted molar refractivity (Wildman–Crippen MR) is 75.4 cm³/mol. The fraction of sp³-hybridized carbons (Fsp3) is 0.286. The molecule has 0 spiro atoms. The number of nitrogens with one attached hydrogen (secondary N) is 1. The zero-order chi connectivity index (χ0) is 14.9. The minimum atomic E-state index is -0.959. The van der Waals surface area contributed by atoms with Crippen LogP contribution >= 0.6 is 11.6 Å². The molecule has 1 aromatic carbocycles. The molecule has 0 aliphatic heterocycles. The second-order valence-electron chi connectivity index (χ2n) is 5.38. The van der Waals surface area contributed by atoms with Crippen molar-refractivity contribution in [3.63, 3.8) is 0 Å². The molecule has 2 aromatic rings. The molecule has 0 amide bonds. The summed E-state index contributed by atoms with van der Waals surface area (Å²) in [4.78, 5) is 8.41. The van der Waals surface area contributed by atoms with Crippen molar-refractivity contribution in [3.8, 4) is 0 Å². The number of aromatic nitrogens is 2. The fourth-order valence-corrected chi connectivity index (χ4v) is 1.74. The first-order valence-electron chi connectivity index (χ1n) is 6.03. The number of anilines is 2. The Morgan fingerprint density at radius 1 is 1.15 bits per heavy atom. The zero-order valence-corrected chi connectivity index (χ0v) is 12.1. The van der Waals surface area contributed by atoms with Crippen molar-refractivity contribution in [2.45, 2.75) is 26.2 Å². The van der Waals surface area contributed by atoms with Crippen molar-refractivity contribution in [2.75, 3.05) is 5.32 Å². The average Bonchev–Trinajstić information content (AvgIpc) is 2.33. The summed E-state index contributed by atoms with van der Waals surface area (Å²) in [6.07, 6.45) is 0. The van der Waals surface area contributed by atoms with E-state index in [1.165, 1.54) is 18.2 Å². The van der Waals surface area contributed by atoms with Crippen LogP contribution in [0.15, 0.2) is 24.3 Å². The van der Waals surface area contributed by atoms with Crippen LogP contribution < -0.4 is 5.32 Å². The van der Waals surface area contributed by atoms with Gasteiger partial charge in [0.25, 0.3) is 0 Å².